The zero-order chi connectivity index (χ0) is 15.0. The van der Waals surface area contributed by atoms with Crippen LogP contribution in [0.4, 0.5) is 0 Å². The summed E-state index contributed by atoms with van der Waals surface area (Å²) in [5.74, 6) is -0.317. The minimum Gasteiger partial charge on any atom is -0.420 e. The number of hydrogen-bond donors (Lipinski definition) is 0. The van der Waals surface area contributed by atoms with Gasteiger partial charge in [-0.2, -0.15) is 0 Å². The SMILES string of the molecule is Cc1cccc2nc(C(=O)Oc3ccc(Cl)cc3Cl)cn12. The Kier molecular flexibility index (Phi) is 3.57. The Bertz CT molecular complexity index is 843. The molecule has 0 bridgehead atoms. The van der Waals surface area contributed by atoms with E-state index in [2.05, 4.69) is 4.98 Å². The fourth-order valence-electron chi connectivity index (χ4n) is 1.96. The average molecular weight is 321 g/mol. The summed E-state index contributed by atoms with van der Waals surface area (Å²) in [6.07, 6.45) is 1.64. The molecule has 0 N–H and O–H groups in total. The van der Waals surface area contributed by atoms with Crippen LogP contribution in [0, 0.1) is 6.92 Å². The topological polar surface area (TPSA) is 43.6 Å². The van der Waals surface area contributed by atoms with Crippen molar-refractivity contribution in [3.63, 3.8) is 0 Å². The lowest BCUT2D eigenvalue weighted by molar-refractivity contribution is 0.0729. The van der Waals surface area contributed by atoms with E-state index in [1.165, 1.54) is 6.07 Å². The number of carbonyl (C=O) groups excluding carboxylic acids is 1. The van der Waals surface area contributed by atoms with Gasteiger partial charge in [0.15, 0.2) is 5.69 Å². The summed E-state index contributed by atoms with van der Waals surface area (Å²) in [5.41, 5.74) is 1.88. The van der Waals surface area contributed by atoms with Crippen molar-refractivity contribution in [3.8, 4) is 5.75 Å². The van der Waals surface area contributed by atoms with Crippen molar-refractivity contribution in [2.75, 3.05) is 0 Å². The maximum atomic E-state index is 12.1. The molecule has 0 unspecified atom stereocenters. The van der Waals surface area contributed by atoms with Crippen LogP contribution >= 0.6 is 23.2 Å². The molecule has 0 radical (unpaired) electrons. The van der Waals surface area contributed by atoms with E-state index < -0.39 is 5.97 Å². The van der Waals surface area contributed by atoms with Gasteiger partial charge in [0, 0.05) is 16.9 Å². The third kappa shape index (κ3) is 2.73. The molecular weight excluding hydrogens is 311 g/mol. The van der Waals surface area contributed by atoms with E-state index >= 15 is 0 Å². The first-order chi connectivity index (χ1) is 10.0. The summed E-state index contributed by atoms with van der Waals surface area (Å²) in [7, 11) is 0. The Hall–Kier alpha value is -2.04. The zero-order valence-corrected chi connectivity index (χ0v) is 12.5. The number of imidazole rings is 1. The van der Waals surface area contributed by atoms with Crippen LogP contribution < -0.4 is 4.74 Å². The van der Waals surface area contributed by atoms with E-state index in [1.54, 1.807) is 18.3 Å². The predicted octanol–water partition coefficient (Wildman–Crippen LogP) is 4.17. The molecule has 2 heterocycles. The molecule has 4 nitrogen and oxygen atoms in total. The first-order valence-corrected chi connectivity index (χ1v) is 6.92. The smallest absolute Gasteiger partial charge is 0.364 e. The van der Waals surface area contributed by atoms with Gasteiger partial charge in [0.25, 0.3) is 0 Å². The summed E-state index contributed by atoms with van der Waals surface area (Å²) in [6, 6.07) is 10.3. The molecule has 0 amide bonds. The van der Waals surface area contributed by atoms with Crippen LogP contribution in [0.1, 0.15) is 16.2 Å². The number of aryl methyl sites for hydroxylation is 1. The van der Waals surface area contributed by atoms with Crippen LogP contribution in [-0.4, -0.2) is 15.4 Å². The number of pyridine rings is 1. The van der Waals surface area contributed by atoms with Crippen molar-refractivity contribution in [1.82, 2.24) is 9.38 Å². The minimum atomic E-state index is -0.567. The van der Waals surface area contributed by atoms with Crippen molar-refractivity contribution in [3.05, 3.63) is 64.0 Å². The minimum absolute atomic E-state index is 0.218. The lowest BCUT2D eigenvalue weighted by Gasteiger charge is -2.04. The van der Waals surface area contributed by atoms with Gasteiger partial charge in [-0.25, -0.2) is 9.78 Å². The highest BCUT2D eigenvalue weighted by atomic mass is 35.5. The largest absolute Gasteiger partial charge is 0.420 e. The van der Waals surface area contributed by atoms with Gasteiger partial charge in [0.05, 0.1) is 5.02 Å². The van der Waals surface area contributed by atoms with Crippen molar-refractivity contribution in [1.29, 1.82) is 0 Å². The van der Waals surface area contributed by atoms with E-state index in [0.717, 1.165) is 5.69 Å². The van der Waals surface area contributed by atoms with Gasteiger partial charge in [-0.05, 0) is 37.3 Å². The highest BCUT2D eigenvalue weighted by Gasteiger charge is 2.15. The standard InChI is InChI=1S/C15H10Cl2N2O2/c1-9-3-2-4-14-18-12(8-19(9)14)15(20)21-13-6-5-10(16)7-11(13)17/h2-8H,1H3. The van der Waals surface area contributed by atoms with Gasteiger partial charge in [-0.3, -0.25) is 0 Å². The van der Waals surface area contributed by atoms with E-state index in [9.17, 15) is 4.79 Å². The maximum absolute atomic E-state index is 12.1. The number of rotatable bonds is 2. The third-order valence-corrected chi connectivity index (χ3v) is 3.53. The van der Waals surface area contributed by atoms with Gasteiger partial charge in [-0.15, -0.1) is 0 Å². The molecule has 0 fully saturated rings. The molecule has 0 aliphatic carbocycles. The normalized spacial score (nSPS) is 10.8. The van der Waals surface area contributed by atoms with E-state index in [4.69, 9.17) is 27.9 Å². The molecular formula is C15H10Cl2N2O2. The summed E-state index contributed by atoms with van der Waals surface area (Å²) in [6.45, 7) is 1.93. The van der Waals surface area contributed by atoms with Gasteiger partial charge in [0.2, 0.25) is 0 Å². The molecule has 0 saturated heterocycles. The second-order valence-corrected chi connectivity index (χ2v) is 5.33. The Morgan fingerprint density at radius 1 is 1.24 bits per heavy atom. The molecule has 1 aromatic carbocycles. The van der Waals surface area contributed by atoms with Crippen LogP contribution in [0.15, 0.2) is 42.6 Å². The number of aromatic nitrogens is 2. The maximum Gasteiger partial charge on any atom is 0.364 e. The van der Waals surface area contributed by atoms with E-state index in [0.29, 0.717) is 10.7 Å². The molecule has 21 heavy (non-hydrogen) atoms. The fourth-order valence-corrected chi connectivity index (χ4v) is 2.40. The molecule has 106 valence electrons. The second-order valence-electron chi connectivity index (χ2n) is 4.49. The van der Waals surface area contributed by atoms with Crippen molar-refractivity contribution in [2.45, 2.75) is 6.92 Å². The number of fused-ring (bicyclic) bond motifs is 1. The van der Waals surface area contributed by atoms with Crippen LogP contribution in [0.5, 0.6) is 5.75 Å². The van der Waals surface area contributed by atoms with E-state index in [-0.39, 0.29) is 16.5 Å². The molecule has 6 heteroatoms. The molecule has 0 atom stereocenters. The summed E-state index contributed by atoms with van der Waals surface area (Å²) in [5, 5.41) is 0.749. The van der Waals surface area contributed by atoms with Crippen molar-refractivity contribution >= 4 is 34.8 Å². The van der Waals surface area contributed by atoms with Crippen molar-refractivity contribution < 1.29 is 9.53 Å². The van der Waals surface area contributed by atoms with Crippen LogP contribution in [0.25, 0.3) is 5.65 Å². The van der Waals surface area contributed by atoms with Gasteiger partial charge in [0.1, 0.15) is 11.4 Å². The van der Waals surface area contributed by atoms with Crippen LogP contribution in [-0.2, 0) is 0 Å². The van der Waals surface area contributed by atoms with Gasteiger partial charge < -0.3 is 9.14 Å². The number of halogens is 2. The number of carbonyl (C=O) groups is 1. The summed E-state index contributed by atoms with van der Waals surface area (Å²) >= 11 is 11.8. The number of ether oxygens (including phenoxy) is 1. The Balaban J connectivity index is 1.92. The quantitative estimate of drug-likeness (QED) is 0.525. The molecule has 0 saturated carbocycles. The highest BCUT2D eigenvalue weighted by molar-refractivity contribution is 6.35. The molecule has 0 spiro atoms. The van der Waals surface area contributed by atoms with Crippen LogP contribution in [0.2, 0.25) is 10.0 Å². The van der Waals surface area contributed by atoms with E-state index in [1.807, 2.05) is 29.5 Å². The summed E-state index contributed by atoms with van der Waals surface area (Å²) in [4.78, 5) is 16.4. The lowest BCUT2D eigenvalue weighted by atomic mass is 10.3. The van der Waals surface area contributed by atoms with Gasteiger partial charge in [-0.1, -0.05) is 29.3 Å². The van der Waals surface area contributed by atoms with Crippen molar-refractivity contribution in [2.24, 2.45) is 0 Å². The predicted molar refractivity (Wildman–Crippen MR) is 81.3 cm³/mol. The molecule has 2 aromatic heterocycles. The molecule has 0 aliphatic rings. The van der Waals surface area contributed by atoms with Crippen LogP contribution in [0.3, 0.4) is 0 Å². The average Bonchev–Trinajstić information content (AvgIpc) is 2.87. The third-order valence-electron chi connectivity index (χ3n) is 3.00. The first kappa shape index (κ1) is 13.9. The number of esters is 1. The molecule has 3 rings (SSSR count). The lowest BCUT2D eigenvalue weighted by Crippen LogP contribution is -2.09. The highest BCUT2D eigenvalue weighted by Crippen LogP contribution is 2.28. The second kappa shape index (κ2) is 5.39. The molecule has 3 aromatic rings. The fraction of sp³-hybridized carbons (Fsp3) is 0.0667. The zero-order valence-electron chi connectivity index (χ0n) is 11.0. The number of nitrogens with zero attached hydrogens (tertiary/aromatic N) is 2. The number of benzene rings is 1. The summed E-state index contributed by atoms with van der Waals surface area (Å²) < 4.78 is 7.07. The number of hydrogen-bond acceptors (Lipinski definition) is 3. The Morgan fingerprint density at radius 3 is 2.76 bits per heavy atom. The Labute approximate surface area is 130 Å². The first-order valence-electron chi connectivity index (χ1n) is 6.16. The van der Waals surface area contributed by atoms with Gasteiger partial charge >= 0.3 is 5.97 Å². The monoisotopic (exact) mass is 320 g/mol. The molecule has 0 aliphatic heterocycles. The Morgan fingerprint density at radius 2 is 2.05 bits per heavy atom.